The lowest BCUT2D eigenvalue weighted by molar-refractivity contribution is -0.129. The van der Waals surface area contributed by atoms with Gasteiger partial charge in [-0.25, -0.2) is 42.2 Å². The largest absolute Gasteiger partial charge is 0.462 e. The van der Waals surface area contributed by atoms with Crippen molar-refractivity contribution >= 4 is 142 Å². The SMILES string of the molecule is C=C1Cc2cc(C(=O)N3CCCc4ccccc43)cnc2N1.C=C1Cc2ccc(NC(=O)NCc3ccccc3)cc2N1.C=C1Nc2ccc(CC(=O)Cc3ccc(C(=O)OCC)cc3)cc2N1.CC(=O)N1CCN(c2ccc3[nH]c(=O)[nH]c3c2)CC1.CC(C)(C)OC(=O)N1CCC(S(=O)(=O)Nc2ccc3[nH]c(=O)[nH]c3c2)CC1.O.O.O=c1[nH]c2ccc(NSC3CCCCC3)cc2[nH]1. The van der Waals surface area contributed by atoms with Crippen molar-refractivity contribution in [1.82, 2.24) is 50.0 Å². The van der Waals surface area contributed by atoms with Gasteiger partial charge in [0.1, 0.15) is 23.0 Å². The van der Waals surface area contributed by atoms with Gasteiger partial charge < -0.3 is 107 Å². The number of sulfonamides is 1. The highest BCUT2D eigenvalue weighted by Crippen LogP contribution is 2.36. The molecule has 18 N–H and O–H groups in total. The number of ether oxygens (including phenoxy) is 2. The monoisotopic (exact) mass is 1860 g/mol. The second-order valence-corrected chi connectivity index (χ2v) is 37.2. The number of carbonyl (C=O) groups excluding carboxylic acids is 6. The van der Waals surface area contributed by atoms with E-state index in [1.54, 1.807) is 83.3 Å². The van der Waals surface area contributed by atoms with Crippen LogP contribution in [0.5, 0.6) is 0 Å². The van der Waals surface area contributed by atoms with E-state index >= 15 is 0 Å². The standard InChI is InChI=1S/C20H20N2O3.C18H17N3O.C17H24N4O5S.C17H17N3O.C13H16N4O2.C13H17N3OS.2H2O/c1-3-25-20(24)16-7-4-14(5-8-16)10-17(23)11-15-6-9-18-19(12-15)22-13(2)21-18;1-12-9-14-10-15(11-19-17(14)20-12)18(22)21-8-4-6-13-5-2-3-7-16(13)21;1-17(2,3)26-16(23)21-8-6-12(7-9-21)27(24,25)20-11-4-5-13-14(10-11)19-15(22)18-13;1-12-9-14-7-8-15(10-16(14)19-12)20-17(21)18-11-13-5-3-2-4-6-13;1-9(18)16-4-6-17(7-5-16)10-2-3-11-12(8-10)15-13(19)14-11;17-13-14-11-7-6-9(8-12(11)15-13)16-18-10-4-2-1-3-5-10;;/h4-9,12,21-22H,2-3,10-11H2,1H3;2-3,5,7,10-11H,1,4,6,8-9H2,(H,19,20);4-5,10,12,20H,6-9H2,1-3H3,(H2,18,19,22);2-8,10,19H,1,9,11H2,(H2,18,20,21);2-3,8H,4-7H2,1H3,(H2,14,15,19);6-8,10,16H,1-5H2,(H2,14,15,17);2*1H2. The second kappa shape index (κ2) is 45.0. The van der Waals surface area contributed by atoms with E-state index < -0.39 is 27.0 Å². The Hall–Kier alpha value is -14.6. The molecule has 5 amide bonds. The van der Waals surface area contributed by atoms with Crippen LogP contribution in [-0.4, -0.2) is 168 Å². The fourth-order valence-electron chi connectivity index (χ4n) is 16.3. The number of urea groups is 1. The lowest BCUT2D eigenvalue weighted by atomic mass is 10.0. The van der Waals surface area contributed by atoms with Crippen molar-refractivity contribution in [1.29, 1.82) is 0 Å². The summed E-state index contributed by atoms with van der Waals surface area (Å²) >= 11 is 1.81. The molecule has 36 heteroatoms. The molecule has 3 fully saturated rings. The van der Waals surface area contributed by atoms with Gasteiger partial charge >= 0.3 is 35.2 Å². The molecular formula is C98H115N19O15S2. The molecule has 0 spiro atoms. The highest BCUT2D eigenvalue weighted by molar-refractivity contribution is 8.01. The fraction of sp³-hybridized carbons (Fsp3) is 0.306. The highest BCUT2D eigenvalue weighted by atomic mass is 32.2. The number of likely N-dealkylation sites (tertiary alicyclic amines) is 1. The van der Waals surface area contributed by atoms with E-state index in [0.29, 0.717) is 79.8 Å². The van der Waals surface area contributed by atoms with Crippen LogP contribution in [0, 0.1) is 0 Å². The van der Waals surface area contributed by atoms with Gasteiger partial charge in [-0.3, -0.25) is 19.1 Å². The number of pyridine rings is 1. The number of aryl methyl sites for hydroxylation is 1. The predicted octanol–water partition coefficient (Wildman–Crippen LogP) is 14.3. The Kier molecular flexibility index (Phi) is 33.1. The summed E-state index contributed by atoms with van der Waals surface area (Å²) in [5.41, 5.74) is 19.9. The number of H-pyrrole nitrogens is 6. The van der Waals surface area contributed by atoms with Crippen LogP contribution >= 0.6 is 11.9 Å². The van der Waals surface area contributed by atoms with Gasteiger partial charge in [0, 0.05) is 142 Å². The molecule has 8 aromatic carbocycles. The Balaban J connectivity index is 0.000000145. The molecule has 19 rings (SSSR count). The number of aromatic nitrogens is 7. The highest BCUT2D eigenvalue weighted by Gasteiger charge is 2.34. The van der Waals surface area contributed by atoms with Crippen molar-refractivity contribution in [2.24, 2.45) is 0 Å². The zero-order valence-corrected chi connectivity index (χ0v) is 77.1. The first kappa shape index (κ1) is 98.4. The van der Waals surface area contributed by atoms with E-state index in [9.17, 15) is 51.6 Å². The van der Waals surface area contributed by atoms with Crippen LogP contribution in [0.1, 0.15) is 140 Å². The third-order valence-electron chi connectivity index (χ3n) is 22.9. The maximum absolute atomic E-state index is 12.9. The van der Waals surface area contributed by atoms with Crippen LogP contribution in [0.3, 0.4) is 0 Å². The van der Waals surface area contributed by atoms with E-state index in [-0.39, 0.29) is 57.6 Å². The number of nitrogens with one attached hydrogen (secondary N) is 14. The minimum atomic E-state index is -3.61. The lowest BCUT2D eigenvalue weighted by Gasteiger charge is -2.35. The number of nitrogens with zero attached hydrogens (tertiary/aromatic N) is 5. The predicted molar refractivity (Wildman–Crippen MR) is 530 cm³/mol. The number of aromatic amines is 6. The van der Waals surface area contributed by atoms with Gasteiger partial charge in [-0.05, 0) is 209 Å². The number of hydrogen-bond donors (Lipinski definition) is 14. The quantitative estimate of drug-likeness (QED) is 0.0297. The number of carbonyl (C=O) groups is 6. The number of Topliss-reactive ketones (excluding diaryl/α,β-unsaturated/α-hetero) is 1. The summed E-state index contributed by atoms with van der Waals surface area (Å²) < 4.78 is 41.6. The topological polar surface area (TPSA) is 486 Å². The minimum Gasteiger partial charge on any atom is -0.462 e. The van der Waals surface area contributed by atoms with Gasteiger partial charge in [0.05, 0.1) is 73.1 Å². The minimum absolute atomic E-state index is 0. The zero-order valence-electron chi connectivity index (χ0n) is 75.5. The van der Waals surface area contributed by atoms with Gasteiger partial charge in [-0.2, -0.15) is 0 Å². The van der Waals surface area contributed by atoms with E-state index in [1.165, 1.54) is 48.1 Å². The zero-order chi connectivity index (χ0) is 93.2. The lowest BCUT2D eigenvalue weighted by Crippen LogP contribution is -2.48. The Morgan fingerprint density at radius 3 is 1.81 bits per heavy atom. The number of anilines is 9. The summed E-state index contributed by atoms with van der Waals surface area (Å²) in [6, 6.07) is 54.9. The molecule has 1 saturated carbocycles. The number of piperidine rings is 1. The molecule has 0 radical (unpaired) electrons. The number of allylic oxidation sites excluding steroid dienone is 2. The average Bonchev–Trinajstić information content (AvgIpc) is 1.49. The van der Waals surface area contributed by atoms with Crippen LogP contribution in [-0.2, 0) is 67.7 Å². The van der Waals surface area contributed by atoms with Crippen molar-refractivity contribution in [2.75, 3.05) is 98.2 Å². The summed E-state index contributed by atoms with van der Waals surface area (Å²) in [6.07, 6.45) is 12.9. The Morgan fingerprint density at radius 1 is 0.537 bits per heavy atom. The van der Waals surface area contributed by atoms with Gasteiger partial charge in [-0.15, -0.1) is 0 Å². The molecular weight excluding hydrogens is 1750 g/mol. The summed E-state index contributed by atoms with van der Waals surface area (Å²) in [5, 5.41) is 18.4. The fourth-order valence-corrected chi connectivity index (χ4v) is 18.7. The number of piperazine rings is 1. The molecule has 0 bridgehead atoms. The molecule has 0 atom stereocenters. The Labute approximate surface area is 779 Å². The molecule has 34 nitrogen and oxygen atoms in total. The molecule has 0 unspecified atom stereocenters. The smallest absolute Gasteiger partial charge is 0.410 e. The average molecular weight is 1860 g/mol. The number of para-hydroxylation sites is 1. The van der Waals surface area contributed by atoms with Gasteiger partial charge in [0.2, 0.25) is 15.9 Å². The van der Waals surface area contributed by atoms with Crippen molar-refractivity contribution in [3.8, 4) is 0 Å². The first-order valence-corrected chi connectivity index (χ1v) is 46.6. The third-order valence-corrected chi connectivity index (χ3v) is 25.9. The Morgan fingerprint density at radius 2 is 1.13 bits per heavy atom. The van der Waals surface area contributed by atoms with Crippen LogP contribution in [0.15, 0.2) is 233 Å². The van der Waals surface area contributed by atoms with E-state index in [2.05, 4.69) is 107 Å². The second-order valence-electron chi connectivity index (χ2n) is 34.1. The number of amides is 5. The van der Waals surface area contributed by atoms with Gasteiger partial charge in [0.15, 0.2) is 0 Å². The van der Waals surface area contributed by atoms with Crippen molar-refractivity contribution in [3.63, 3.8) is 0 Å². The van der Waals surface area contributed by atoms with E-state index in [1.807, 2.05) is 149 Å². The number of benzene rings is 8. The summed E-state index contributed by atoms with van der Waals surface area (Å²) in [4.78, 5) is 134. The number of esters is 1. The van der Waals surface area contributed by atoms with E-state index in [4.69, 9.17) is 9.47 Å². The molecule has 7 aliphatic rings. The Bertz CT molecular complexity index is 6560. The molecule has 134 heavy (non-hydrogen) atoms. The first-order valence-electron chi connectivity index (χ1n) is 44.2. The normalized spacial score (nSPS) is 14.7. The number of rotatable bonds is 17. The van der Waals surface area contributed by atoms with Crippen LogP contribution < -0.4 is 68.2 Å². The summed E-state index contributed by atoms with van der Waals surface area (Å²) in [6.45, 7) is 25.8. The number of hydrogen-bond acceptors (Lipinski definition) is 21. The first-order chi connectivity index (χ1) is 63.4. The van der Waals surface area contributed by atoms with E-state index in [0.717, 1.165) is 171 Å². The number of fused-ring (bicyclic) bond motifs is 7. The summed E-state index contributed by atoms with van der Waals surface area (Å²) in [7, 11) is -3.61. The molecule has 4 aromatic heterocycles. The van der Waals surface area contributed by atoms with Crippen LogP contribution in [0.2, 0.25) is 0 Å². The molecule has 704 valence electrons. The molecule has 10 heterocycles. The van der Waals surface area contributed by atoms with Crippen LogP contribution in [0.4, 0.5) is 60.9 Å². The maximum atomic E-state index is 12.9. The number of imidazole rings is 3. The number of ketones is 1. The maximum Gasteiger partial charge on any atom is 0.410 e. The van der Waals surface area contributed by atoms with Gasteiger partial charge in [0.25, 0.3) is 5.91 Å². The van der Waals surface area contributed by atoms with Gasteiger partial charge in [-0.1, -0.05) is 112 Å². The molecule has 12 aromatic rings. The third kappa shape index (κ3) is 26.8. The summed E-state index contributed by atoms with van der Waals surface area (Å²) in [5.74, 6) is 1.49. The molecule has 1 aliphatic carbocycles. The van der Waals surface area contributed by atoms with Crippen molar-refractivity contribution in [3.05, 3.63) is 295 Å². The molecule has 6 aliphatic heterocycles. The van der Waals surface area contributed by atoms with Crippen molar-refractivity contribution < 1.29 is 57.6 Å². The molecule has 2 saturated heterocycles. The van der Waals surface area contributed by atoms with Crippen LogP contribution in [0.25, 0.3) is 33.1 Å². The van der Waals surface area contributed by atoms with Crippen molar-refractivity contribution in [2.45, 2.75) is 141 Å².